The first-order chi connectivity index (χ1) is 10.4. The van der Waals surface area contributed by atoms with E-state index in [0.717, 1.165) is 23.6 Å². The van der Waals surface area contributed by atoms with Crippen molar-refractivity contribution in [2.45, 2.75) is 71.4 Å². The van der Waals surface area contributed by atoms with Crippen molar-refractivity contribution in [3.05, 3.63) is 35.9 Å². The topological polar surface area (TPSA) is 0 Å². The quantitative estimate of drug-likeness (QED) is 0.569. The highest BCUT2D eigenvalue weighted by Gasteiger charge is 2.56. The van der Waals surface area contributed by atoms with Crippen molar-refractivity contribution in [1.82, 2.24) is 0 Å². The smallest absolute Gasteiger partial charge is 0.0691 e. The van der Waals surface area contributed by atoms with Gasteiger partial charge >= 0.3 is 0 Å². The van der Waals surface area contributed by atoms with Crippen molar-refractivity contribution in [2.24, 2.45) is 23.2 Å². The molecule has 22 heavy (non-hydrogen) atoms. The van der Waals surface area contributed by atoms with Crippen LogP contribution >= 0.6 is 0 Å². The molecule has 6 atom stereocenters. The predicted molar refractivity (Wildman–Crippen MR) is 97.6 cm³/mol. The summed E-state index contributed by atoms with van der Waals surface area (Å²) in [5.41, 5.74) is 2.12. The first-order valence-corrected chi connectivity index (χ1v) is 9.35. The molecule has 0 N–H and O–H groups in total. The van der Waals surface area contributed by atoms with Crippen molar-refractivity contribution < 1.29 is 0 Å². The lowest BCUT2D eigenvalue weighted by atomic mass is 9.35. The number of fused-ring (bicyclic) bond motifs is 2. The second-order valence-electron chi connectivity index (χ2n) is 8.60. The van der Waals surface area contributed by atoms with Crippen LogP contribution in [-0.2, 0) is 0 Å². The van der Waals surface area contributed by atoms with Gasteiger partial charge in [-0.05, 0) is 47.5 Å². The molecule has 0 nitrogen and oxygen atoms in total. The molecule has 1 unspecified atom stereocenters. The van der Waals surface area contributed by atoms with Crippen LogP contribution in [0.4, 0.5) is 0 Å². The van der Waals surface area contributed by atoms with Gasteiger partial charge in [0.15, 0.2) is 0 Å². The molecule has 0 heterocycles. The Morgan fingerprint density at radius 1 is 1.18 bits per heavy atom. The fourth-order valence-corrected chi connectivity index (χ4v) is 5.58. The molecule has 3 aliphatic carbocycles. The minimum absolute atomic E-state index is 0.608. The molecular weight excluding hydrogens is 263 g/mol. The highest BCUT2D eigenvalue weighted by molar-refractivity contribution is 6.40. The average molecular weight is 295 g/mol. The summed E-state index contributed by atoms with van der Waals surface area (Å²) in [5, 5.41) is 0. The van der Waals surface area contributed by atoms with Gasteiger partial charge in [-0.15, -0.1) is 0 Å². The minimum atomic E-state index is 0.608. The van der Waals surface area contributed by atoms with Crippen molar-refractivity contribution in [3.8, 4) is 0 Å². The van der Waals surface area contributed by atoms with Crippen molar-refractivity contribution in [1.29, 1.82) is 0 Å². The third kappa shape index (κ3) is 2.65. The Hall–Kier alpha value is -0.715. The van der Waals surface area contributed by atoms with E-state index in [0.29, 0.717) is 17.2 Å². The second kappa shape index (κ2) is 6.06. The lowest BCUT2D eigenvalue weighted by molar-refractivity contribution is -0.0987. The Kier molecular flexibility index (Phi) is 4.45. The van der Waals surface area contributed by atoms with E-state index >= 15 is 0 Å². The van der Waals surface area contributed by atoms with Gasteiger partial charge in [-0.1, -0.05) is 83.0 Å². The molecule has 0 aliphatic heterocycles. The molecule has 1 aromatic carbocycles. The lowest BCUT2D eigenvalue weighted by Crippen LogP contribution is -2.54. The molecule has 1 aromatic rings. The Balaban J connectivity index is 1.66. The highest BCUT2D eigenvalue weighted by atomic mass is 14.6. The Bertz CT molecular complexity index is 492. The van der Waals surface area contributed by atoms with Crippen LogP contribution in [0.3, 0.4) is 0 Å². The molecular formula is C21H32B. The Morgan fingerprint density at radius 3 is 2.41 bits per heavy atom. The average Bonchev–Trinajstić information content (AvgIpc) is 2.50. The fourth-order valence-electron chi connectivity index (χ4n) is 5.58. The van der Waals surface area contributed by atoms with Gasteiger partial charge in [0.25, 0.3) is 0 Å². The number of rotatable bonds is 5. The highest BCUT2D eigenvalue weighted by Crippen LogP contribution is 2.64. The second-order valence-corrected chi connectivity index (χ2v) is 8.60. The summed E-state index contributed by atoms with van der Waals surface area (Å²) >= 11 is 0. The monoisotopic (exact) mass is 295 g/mol. The van der Waals surface area contributed by atoms with E-state index in [2.05, 4.69) is 72.2 Å². The predicted octanol–water partition coefficient (Wildman–Crippen LogP) is 6.18. The molecule has 3 saturated carbocycles. The summed E-state index contributed by atoms with van der Waals surface area (Å²) in [7, 11) is 2.72. The van der Waals surface area contributed by atoms with Gasteiger partial charge < -0.3 is 0 Å². The van der Waals surface area contributed by atoms with E-state index in [4.69, 9.17) is 0 Å². The first-order valence-electron chi connectivity index (χ1n) is 9.35. The van der Waals surface area contributed by atoms with Crippen molar-refractivity contribution in [3.63, 3.8) is 0 Å². The molecule has 0 amide bonds. The number of hydrogen-bond acceptors (Lipinski definition) is 0. The van der Waals surface area contributed by atoms with Crippen LogP contribution in [0.25, 0.3) is 0 Å². The molecule has 0 aromatic heterocycles. The largest absolute Gasteiger partial charge is 0.118 e. The molecule has 0 spiro atoms. The van der Waals surface area contributed by atoms with Crippen LogP contribution in [0.1, 0.15) is 65.4 Å². The Morgan fingerprint density at radius 2 is 1.86 bits per heavy atom. The van der Waals surface area contributed by atoms with E-state index in [1.54, 1.807) is 0 Å². The summed E-state index contributed by atoms with van der Waals surface area (Å²) in [6.45, 7) is 12.3. The molecule has 3 aliphatic rings. The normalized spacial score (nSPS) is 35.3. The van der Waals surface area contributed by atoms with Gasteiger partial charge in [0, 0.05) is 0 Å². The van der Waals surface area contributed by atoms with Crippen LogP contribution in [0.2, 0.25) is 11.6 Å². The van der Waals surface area contributed by atoms with E-state index in [1.807, 2.05) is 0 Å². The maximum atomic E-state index is 2.72. The summed E-state index contributed by atoms with van der Waals surface area (Å²) in [4.78, 5) is 0. The SMILES string of the molecule is CCC(c1ccccc1)[C@H](C)[B][C@@H]1C[C@@H]2C[C@H]([C@H]1C)C2(C)C. The van der Waals surface area contributed by atoms with E-state index in [9.17, 15) is 0 Å². The van der Waals surface area contributed by atoms with Gasteiger partial charge in [0.2, 0.25) is 0 Å². The summed E-state index contributed by atoms with van der Waals surface area (Å²) in [5.74, 6) is 5.00. The molecule has 3 fully saturated rings. The van der Waals surface area contributed by atoms with Gasteiger partial charge in [0.05, 0.1) is 0 Å². The van der Waals surface area contributed by atoms with Gasteiger partial charge in [-0.25, -0.2) is 0 Å². The molecule has 4 rings (SSSR count). The van der Waals surface area contributed by atoms with Gasteiger partial charge in [-0.2, -0.15) is 0 Å². The van der Waals surface area contributed by atoms with Gasteiger partial charge in [0.1, 0.15) is 7.28 Å². The van der Waals surface area contributed by atoms with Crippen molar-refractivity contribution in [2.75, 3.05) is 0 Å². The van der Waals surface area contributed by atoms with E-state index in [1.165, 1.54) is 24.8 Å². The summed E-state index contributed by atoms with van der Waals surface area (Å²) < 4.78 is 0. The number of hydrogen-bond donors (Lipinski definition) is 0. The van der Waals surface area contributed by atoms with E-state index in [-0.39, 0.29) is 0 Å². The fraction of sp³-hybridized carbons (Fsp3) is 0.714. The minimum Gasteiger partial charge on any atom is -0.0691 e. The summed E-state index contributed by atoms with van der Waals surface area (Å²) in [6, 6.07) is 11.1. The Labute approximate surface area is 138 Å². The van der Waals surface area contributed by atoms with Crippen LogP contribution in [0.5, 0.6) is 0 Å². The van der Waals surface area contributed by atoms with E-state index < -0.39 is 0 Å². The van der Waals surface area contributed by atoms with Crippen LogP contribution < -0.4 is 0 Å². The first kappa shape index (κ1) is 16.2. The molecule has 0 saturated heterocycles. The molecule has 119 valence electrons. The zero-order valence-electron chi connectivity index (χ0n) is 15.0. The zero-order chi connectivity index (χ0) is 15.9. The molecule has 1 radical (unpaired) electrons. The summed E-state index contributed by atoms with van der Waals surface area (Å²) in [6.07, 6.45) is 4.16. The third-order valence-corrected chi connectivity index (χ3v) is 7.27. The lowest BCUT2D eigenvalue weighted by Gasteiger charge is -2.62. The standard InChI is InChI=1S/C21H32B/c1-6-18(16-10-8-7-9-11-16)15(3)22-20-13-17-12-19(14(20)2)21(17,4)5/h7-11,14-15,17-20H,6,12-13H2,1-5H3/t14-,15+,17+,18?,19-,20-/m1/s1. The molecule has 2 bridgehead atoms. The van der Waals surface area contributed by atoms with Crippen LogP contribution in [-0.4, -0.2) is 7.28 Å². The number of benzene rings is 1. The van der Waals surface area contributed by atoms with Crippen LogP contribution in [0.15, 0.2) is 30.3 Å². The molecule has 1 heteroatoms. The third-order valence-electron chi connectivity index (χ3n) is 7.27. The van der Waals surface area contributed by atoms with Crippen molar-refractivity contribution >= 4 is 7.28 Å². The zero-order valence-corrected chi connectivity index (χ0v) is 15.0. The van der Waals surface area contributed by atoms with Crippen LogP contribution in [0, 0.1) is 23.2 Å². The maximum Gasteiger partial charge on any atom is 0.118 e. The van der Waals surface area contributed by atoms with Gasteiger partial charge in [-0.3, -0.25) is 0 Å². The maximum absolute atomic E-state index is 2.72.